The third-order valence-corrected chi connectivity index (χ3v) is 17.2. The van der Waals surface area contributed by atoms with Crippen molar-refractivity contribution in [3.05, 3.63) is 83.9 Å². The van der Waals surface area contributed by atoms with Gasteiger partial charge in [-0.2, -0.15) is 4.98 Å². The Morgan fingerprint density at radius 1 is 0.653 bits per heavy atom. The topological polar surface area (TPSA) is 170 Å². The highest BCUT2D eigenvalue weighted by molar-refractivity contribution is 7.84. The first-order chi connectivity index (χ1) is 35.7. The van der Waals surface area contributed by atoms with Gasteiger partial charge in [0.15, 0.2) is 0 Å². The third-order valence-electron chi connectivity index (χ3n) is 16.5. The highest BCUT2D eigenvalue weighted by atomic mass is 32.2. The lowest BCUT2D eigenvalue weighted by atomic mass is 9.49. The summed E-state index contributed by atoms with van der Waals surface area (Å²) in [6.45, 7) is 16.0. The fourth-order valence-corrected chi connectivity index (χ4v) is 12.4. The maximum atomic E-state index is 15.1. The average molecular weight is 1050 g/mol. The summed E-state index contributed by atoms with van der Waals surface area (Å²) in [7, 11) is 5.82. The molecule has 8 fully saturated rings. The Hall–Kier alpha value is -6.25. The fourth-order valence-electron chi connectivity index (χ4n) is 12.0. The lowest BCUT2D eigenvalue weighted by Crippen LogP contribution is -2.60. The van der Waals surface area contributed by atoms with Crippen LogP contribution in [0.4, 0.5) is 37.5 Å². The molecule has 1 unspecified atom stereocenters. The highest BCUT2D eigenvalue weighted by Gasteiger charge is 2.60. The van der Waals surface area contributed by atoms with E-state index in [0.717, 1.165) is 125 Å². The Bertz CT molecular complexity index is 3120. The van der Waals surface area contributed by atoms with Crippen LogP contribution >= 0.6 is 0 Å². The monoisotopic (exact) mass is 1050 g/mol. The number of piperazine rings is 2. The summed E-state index contributed by atoms with van der Waals surface area (Å²) >= 11 is 0. The predicted octanol–water partition coefficient (Wildman–Crippen LogP) is 7.37. The molecule has 0 spiro atoms. The third kappa shape index (κ3) is 9.93. The zero-order valence-corrected chi connectivity index (χ0v) is 45.6. The van der Waals surface area contributed by atoms with E-state index in [-0.39, 0.29) is 34.5 Å². The lowest BCUT2D eigenvalue weighted by molar-refractivity contribution is -0.0871. The van der Waals surface area contributed by atoms with Gasteiger partial charge in [0.05, 0.1) is 22.2 Å². The van der Waals surface area contributed by atoms with Gasteiger partial charge < -0.3 is 39.8 Å². The van der Waals surface area contributed by atoms with Crippen molar-refractivity contribution in [2.75, 3.05) is 108 Å². The molecule has 14 rings (SSSR count). The van der Waals surface area contributed by atoms with E-state index in [0.29, 0.717) is 57.3 Å². The number of hydrogen-bond acceptors (Lipinski definition) is 13. The van der Waals surface area contributed by atoms with E-state index in [1.54, 1.807) is 68.8 Å². The van der Waals surface area contributed by atoms with Crippen molar-refractivity contribution in [1.29, 1.82) is 0 Å². The van der Waals surface area contributed by atoms with Crippen LogP contribution < -0.4 is 20.9 Å². The van der Waals surface area contributed by atoms with Gasteiger partial charge in [-0.25, -0.2) is 23.7 Å². The summed E-state index contributed by atoms with van der Waals surface area (Å²) in [4.78, 5) is 55.6. The quantitative estimate of drug-likeness (QED) is 0.0975. The molecule has 2 amide bonds. The number of nitrogen functional groups attached to an aromatic ring is 1. The molecule has 2 saturated heterocycles. The van der Waals surface area contributed by atoms with Gasteiger partial charge in [0.2, 0.25) is 11.1 Å². The number of nitrogens with one attached hydrogen (secondary N) is 1. The summed E-state index contributed by atoms with van der Waals surface area (Å²) in [5.41, 5.74) is 10.8. The molecule has 8 aliphatic rings. The summed E-state index contributed by atoms with van der Waals surface area (Å²) in [6.07, 6.45) is 11.6. The maximum Gasteiger partial charge on any atom is 0.270 e. The number of carbonyl (C=O) groups excluding carboxylic acids is 2. The van der Waals surface area contributed by atoms with E-state index < -0.39 is 10.8 Å². The Balaban J connectivity index is 0.000000140. The molecule has 6 saturated carbocycles. The van der Waals surface area contributed by atoms with Crippen LogP contribution in [0, 0.1) is 23.5 Å². The summed E-state index contributed by atoms with van der Waals surface area (Å²) in [6, 6.07) is 15.0. The molecule has 0 radical (unpaired) electrons. The number of fused-ring (bicyclic) bond motifs is 2. The van der Waals surface area contributed by atoms with Crippen LogP contribution in [0.15, 0.2) is 66.1 Å². The number of aromatic nitrogens is 6. The molecule has 1 atom stereocenters. The molecular weight excluding hydrogens is 975 g/mol. The van der Waals surface area contributed by atoms with E-state index in [1.807, 2.05) is 24.3 Å². The molecule has 6 aliphatic carbocycles. The van der Waals surface area contributed by atoms with Crippen molar-refractivity contribution in [3.63, 3.8) is 0 Å². The molecule has 6 heterocycles. The van der Waals surface area contributed by atoms with Crippen LogP contribution in [-0.2, 0) is 21.9 Å². The molecule has 6 aromatic rings. The summed E-state index contributed by atoms with van der Waals surface area (Å²) in [5.74, 6) is 1.43. The molecule has 2 aliphatic heterocycles. The van der Waals surface area contributed by atoms with Crippen molar-refractivity contribution >= 4 is 73.4 Å². The highest BCUT2D eigenvalue weighted by Crippen LogP contribution is 2.64. The molecule has 400 valence electrons. The van der Waals surface area contributed by atoms with E-state index in [9.17, 15) is 18.2 Å². The number of nitrogens with zero attached hydrogens (tertiary/aromatic N) is 12. The zero-order chi connectivity index (χ0) is 53.2. The Labute approximate surface area is 440 Å². The van der Waals surface area contributed by atoms with Gasteiger partial charge >= 0.3 is 0 Å². The minimum atomic E-state index is -1.23. The van der Waals surface area contributed by atoms with Gasteiger partial charge in [-0.05, 0) is 127 Å². The summed E-state index contributed by atoms with van der Waals surface area (Å²) < 4.78 is 44.8. The minimum Gasteiger partial charge on any atom is -0.399 e. The van der Waals surface area contributed by atoms with Crippen molar-refractivity contribution in [2.24, 2.45) is 11.8 Å². The van der Waals surface area contributed by atoms with Crippen LogP contribution in [-0.4, -0.2) is 164 Å². The first-order valence-electron chi connectivity index (χ1n) is 26.4. The van der Waals surface area contributed by atoms with E-state index in [4.69, 9.17) is 10.7 Å². The average Bonchev–Trinajstić information content (AvgIpc) is 3.88. The second-order valence-corrected chi connectivity index (χ2v) is 23.9. The smallest absolute Gasteiger partial charge is 0.270 e. The number of amides is 2. The van der Waals surface area contributed by atoms with Gasteiger partial charge in [0, 0.05) is 145 Å². The van der Waals surface area contributed by atoms with Crippen LogP contribution in [0.2, 0.25) is 0 Å². The molecule has 20 heteroatoms. The Morgan fingerprint density at radius 3 is 1.49 bits per heavy atom. The van der Waals surface area contributed by atoms with Gasteiger partial charge in [-0.15, -0.1) is 0 Å². The fraction of sp³-hybridized carbons (Fsp3) is 0.527. The van der Waals surface area contributed by atoms with Gasteiger partial charge in [0.1, 0.15) is 34.3 Å². The largest absolute Gasteiger partial charge is 0.399 e. The number of nitrogens with two attached hydrogens (primary N) is 1. The van der Waals surface area contributed by atoms with Crippen molar-refractivity contribution in [1.82, 2.24) is 48.7 Å². The van der Waals surface area contributed by atoms with Crippen LogP contribution in [0.3, 0.4) is 0 Å². The molecular formula is C55H72F2N14O3S. The molecule has 4 aromatic heterocycles. The number of hydrogen-bond donors (Lipinski definition) is 2. The van der Waals surface area contributed by atoms with Crippen LogP contribution in [0.1, 0.15) is 87.2 Å². The van der Waals surface area contributed by atoms with Crippen molar-refractivity contribution < 1.29 is 22.6 Å². The Morgan fingerprint density at radius 2 is 1.09 bits per heavy atom. The SMILES string of the molecule is CC(C)N1CCN(c2ccc(N)cc2F)CC1.CC(C)N1CCN(c2ccc(Nc3ncc4cc(C(=O)N(C)C)n(C56CC(C5)C6)c4n3)cc2F)CC1.CN(C)C(=O)c1cc2cnc(S(C)=O)nc2n1C12CC(C1)C2. The first-order valence-corrected chi connectivity index (χ1v) is 27.9. The van der Waals surface area contributed by atoms with Gasteiger partial charge in [0.25, 0.3) is 11.8 Å². The molecule has 17 nitrogen and oxygen atoms in total. The number of carbonyl (C=O) groups is 2. The molecule has 4 bridgehead atoms. The van der Waals surface area contributed by atoms with E-state index in [2.05, 4.69) is 76.7 Å². The lowest BCUT2D eigenvalue weighted by Gasteiger charge is -2.62. The number of benzene rings is 2. The first kappa shape index (κ1) is 52.2. The van der Waals surface area contributed by atoms with Crippen LogP contribution in [0.25, 0.3) is 22.1 Å². The maximum absolute atomic E-state index is 15.1. The predicted molar refractivity (Wildman–Crippen MR) is 292 cm³/mol. The second kappa shape index (κ2) is 20.4. The van der Waals surface area contributed by atoms with Gasteiger partial charge in [-0.3, -0.25) is 23.6 Å². The van der Waals surface area contributed by atoms with Crippen molar-refractivity contribution in [3.8, 4) is 0 Å². The minimum absolute atomic E-state index is 0.00755. The Kier molecular flexibility index (Phi) is 14.2. The number of halogens is 2. The molecule has 2 aromatic carbocycles. The van der Waals surface area contributed by atoms with E-state index >= 15 is 4.39 Å². The molecule has 3 N–H and O–H groups in total. The second-order valence-electron chi connectivity index (χ2n) is 22.6. The molecule has 75 heavy (non-hydrogen) atoms. The summed E-state index contributed by atoms with van der Waals surface area (Å²) in [5, 5.41) is 5.18. The number of anilines is 5. The number of rotatable bonds is 11. The zero-order valence-electron chi connectivity index (χ0n) is 44.8. The van der Waals surface area contributed by atoms with Crippen molar-refractivity contribution in [2.45, 2.75) is 94.5 Å². The normalized spacial score (nSPS) is 23.3. The van der Waals surface area contributed by atoms with Gasteiger partial charge in [-0.1, -0.05) is 0 Å². The van der Waals surface area contributed by atoms with E-state index in [1.165, 1.54) is 12.1 Å². The van der Waals surface area contributed by atoms with Crippen LogP contribution in [0.5, 0.6) is 0 Å². The standard InChI is InChI=1S/C27H34FN7O.C15H18N4O2S.C13H20FN3/c1-17(2)33-7-9-34(10-8-33)22-6-5-20(12-21(22)28)30-26-29-16-19-11-23(25(36)32(3)4)35(24(19)31-26)27-13-18(14-27)15-27;1-18(2)13(20)11-4-10-8-16-14(22(3)21)17-12(10)19(11)15-5-9(6-15)7-15;1-10(2)16-5-7-17(8-6-16)13-4-3-11(15)9-12(13)14/h5-6,11-12,16-18H,7-10,13-15H2,1-4H3,(H,29,30,31);4,8-9H,5-7H2,1-3H3;3-4,9-10H,5-8,15H2,1-2H3.